The number of aromatic nitrogens is 1. The van der Waals surface area contributed by atoms with Gasteiger partial charge in [0, 0.05) is 12.4 Å². The van der Waals surface area contributed by atoms with E-state index in [0.717, 1.165) is 0 Å². The summed E-state index contributed by atoms with van der Waals surface area (Å²) in [4.78, 5) is 3.78. The van der Waals surface area contributed by atoms with Gasteiger partial charge >= 0.3 is 62.1 Å². The van der Waals surface area contributed by atoms with Crippen LogP contribution in [0.2, 0.25) is 0 Å². The van der Waals surface area contributed by atoms with Crippen molar-refractivity contribution in [2.45, 2.75) is 0 Å². The van der Waals surface area contributed by atoms with E-state index >= 15 is 0 Å². The largest absolute Gasteiger partial charge is 0.265 e. The van der Waals surface area contributed by atoms with E-state index < -0.39 is 5.61 Å². The summed E-state index contributed by atoms with van der Waals surface area (Å²) < 4.78 is 0. The smallest absolute Gasteiger partial charge is 0.0267 e. The van der Waals surface area contributed by atoms with Crippen molar-refractivity contribution in [3.05, 3.63) is 30.6 Å². The normalized spacial score (nSPS) is 11.3. The Balaban J connectivity index is 0.000000187. The van der Waals surface area contributed by atoms with Crippen LogP contribution in [-0.4, -0.2) is 10.6 Å². The summed E-state index contributed by atoms with van der Waals surface area (Å²) in [5.41, 5.74) is -1.50. The van der Waals surface area contributed by atoms with E-state index in [1.807, 2.05) is 18.2 Å². The fraction of sp³-hybridized carbons (Fsp3) is 0. The second kappa shape index (κ2) is 7.04. The molecule has 0 saturated carbocycles. The fourth-order valence-corrected chi connectivity index (χ4v) is 0.313. The average Bonchev–Trinajstić information content (AvgIpc) is 1.88. The van der Waals surface area contributed by atoms with Gasteiger partial charge < -0.3 is 0 Å². The molecule has 1 aromatic rings. The van der Waals surface area contributed by atoms with Crippen molar-refractivity contribution in [2.24, 2.45) is 0 Å². The minimum absolute atomic E-state index is 1.50. The maximum atomic E-state index is 3.78. The average molecular weight is 478 g/mol. The Hall–Kier alpha value is 1.59. The molecule has 1 nitrogen and oxygen atoms in total. The van der Waals surface area contributed by atoms with Crippen LogP contribution >= 0.6 is 56.4 Å². The number of nitrogens with zero attached hydrogens (tertiary/aromatic N) is 1. The molecule has 0 N–H and O–H groups in total. The van der Waals surface area contributed by atoms with Crippen LogP contribution in [0.5, 0.6) is 0 Å². The zero-order valence-electron chi connectivity index (χ0n) is 5.25. The van der Waals surface area contributed by atoms with Crippen molar-refractivity contribution in [2.75, 3.05) is 0 Å². The third-order valence-corrected chi connectivity index (χ3v) is 0.566. The number of pyridine rings is 1. The Morgan fingerprint density at radius 3 is 1.27 bits per heavy atom. The predicted octanol–water partition coefficient (Wildman–Crippen LogP) is 4.08. The summed E-state index contributed by atoms with van der Waals surface area (Å²) in [7, 11) is 0. The number of hydrogen-bond acceptors (Lipinski definition) is 1. The second-order valence-corrected chi connectivity index (χ2v) is 50.1. The van der Waals surface area contributed by atoms with Crippen molar-refractivity contribution in [1.29, 1.82) is 0 Å². The third-order valence-electron chi connectivity index (χ3n) is 0.566. The van der Waals surface area contributed by atoms with Crippen LogP contribution < -0.4 is 0 Å². The molecule has 0 aliphatic carbocycles. The molecule has 0 saturated heterocycles. The van der Waals surface area contributed by atoms with Gasteiger partial charge in [-0.3, -0.25) is 4.98 Å². The first kappa shape index (κ1) is 12.6. The van der Waals surface area contributed by atoms with Gasteiger partial charge in [-0.15, -0.1) is 0 Å². The second-order valence-electron chi connectivity index (χ2n) is 1.37. The Morgan fingerprint density at radius 1 is 0.818 bits per heavy atom. The Kier molecular flexibility index (Phi) is 8.05. The molecular weight excluding hydrogens is 473 g/mol. The quantitative estimate of drug-likeness (QED) is 0.513. The van der Waals surface area contributed by atoms with Crippen LogP contribution in [0.3, 0.4) is 0 Å². The van der Waals surface area contributed by atoms with Crippen molar-refractivity contribution >= 4 is 62.1 Å². The van der Waals surface area contributed by atoms with Gasteiger partial charge in [0.05, 0.1) is 0 Å². The molecule has 0 bridgehead atoms. The molecule has 64 valence electrons. The molecule has 0 amide bonds. The Morgan fingerprint density at radius 2 is 1.18 bits per heavy atom. The minimum Gasteiger partial charge on any atom is -0.265 e. The van der Waals surface area contributed by atoms with Gasteiger partial charge in [-0.05, 0) is 12.1 Å². The summed E-state index contributed by atoms with van der Waals surface area (Å²) >= 11 is 13.1. The van der Waals surface area contributed by atoms with Crippen molar-refractivity contribution in [3.63, 3.8) is 0 Å². The van der Waals surface area contributed by atoms with Gasteiger partial charge in [0.1, 0.15) is 0 Å². The summed E-state index contributed by atoms with van der Waals surface area (Å²) in [6.45, 7) is 0. The maximum Gasteiger partial charge on any atom is 0.0267 e. The van der Waals surface area contributed by atoms with E-state index in [9.17, 15) is 0 Å². The van der Waals surface area contributed by atoms with Gasteiger partial charge in [-0.1, -0.05) is 6.07 Å². The van der Waals surface area contributed by atoms with Crippen molar-refractivity contribution < 1.29 is 0 Å². The van der Waals surface area contributed by atoms with Gasteiger partial charge in [0.2, 0.25) is 0 Å². The zero-order chi connectivity index (χ0) is 8.74. The molecule has 0 unspecified atom stereocenters. The predicted molar refractivity (Wildman–Crippen MR) is 65.7 cm³/mol. The molecule has 0 spiro atoms. The van der Waals surface area contributed by atoms with E-state index in [4.69, 9.17) is 0 Å². The zero-order valence-corrected chi connectivity index (χ0v) is 13.3. The van der Waals surface area contributed by atoms with Crippen LogP contribution in [-0.2, 0) is 0 Å². The third kappa shape index (κ3) is 18.5. The molecule has 0 fully saturated rings. The first-order chi connectivity index (χ1) is 5.00. The monoisotopic (exact) mass is 475 g/mol. The first-order valence-corrected chi connectivity index (χ1v) is 18.5. The van der Waals surface area contributed by atoms with E-state index in [2.05, 4.69) is 61.4 Å². The molecule has 6 heteroatoms. The molecule has 11 heavy (non-hydrogen) atoms. The van der Waals surface area contributed by atoms with Crippen LogP contribution in [0.4, 0.5) is 0 Å². The van der Waals surface area contributed by atoms with Crippen LogP contribution in [0.1, 0.15) is 0 Å². The molecule has 0 aromatic carbocycles. The molecule has 1 heterocycles. The SMILES string of the molecule is Br[Se](Br)(Br)Br.c1ccncc1. The topological polar surface area (TPSA) is 12.9 Å². The Labute approximate surface area is 96.4 Å². The number of rotatable bonds is 0. The molecule has 1 aromatic heterocycles. The van der Waals surface area contributed by atoms with Gasteiger partial charge in [-0.25, -0.2) is 0 Å². The summed E-state index contributed by atoms with van der Waals surface area (Å²) in [5, 5.41) is 0. The van der Waals surface area contributed by atoms with Gasteiger partial charge in [0.15, 0.2) is 0 Å². The molecular formula is C5H5Br4NSe. The molecule has 1 rings (SSSR count). The number of hydrogen-bond donors (Lipinski definition) is 0. The van der Waals surface area contributed by atoms with Gasteiger partial charge in [-0.2, -0.15) is 0 Å². The van der Waals surface area contributed by atoms with Crippen molar-refractivity contribution in [1.82, 2.24) is 4.98 Å². The Bertz CT molecular complexity index is 143. The molecule has 0 aliphatic rings. The molecule has 0 radical (unpaired) electrons. The van der Waals surface area contributed by atoms with E-state index in [-0.39, 0.29) is 0 Å². The summed E-state index contributed by atoms with van der Waals surface area (Å²) in [5.74, 6) is 0. The molecule has 0 atom stereocenters. The van der Waals surface area contributed by atoms with E-state index in [1.54, 1.807) is 12.4 Å². The standard InChI is InChI=1S/C5H5N.Br4Se/c1-2-4-6-5-3-1;1-5(2,3)4/h1-5H;. The maximum absolute atomic E-state index is 3.78. The minimum atomic E-state index is -1.50. The summed E-state index contributed by atoms with van der Waals surface area (Å²) in [6.07, 6.45) is 3.50. The number of halogens is 4. The van der Waals surface area contributed by atoms with Crippen LogP contribution in [0.15, 0.2) is 30.6 Å². The van der Waals surface area contributed by atoms with Crippen molar-refractivity contribution in [3.8, 4) is 0 Å². The van der Waals surface area contributed by atoms with Gasteiger partial charge in [0.25, 0.3) is 0 Å². The fourth-order valence-electron chi connectivity index (χ4n) is 0.313. The van der Waals surface area contributed by atoms with Crippen LogP contribution in [0, 0.1) is 0 Å². The molecule has 0 aliphatic heterocycles. The van der Waals surface area contributed by atoms with E-state index in [0.29, 0.717) is 0 Å². The van der Waals surface area contributed by atoms with E-state index in [1.165, 1.54) is 0 Å². The first-order valence-electron chi connectivity index (χ1n) is 2.47. The summed E-state index contributed by atoms with van der Waals surface area (Å²) in [6, 6.07) is 5.72. The van der Waals surface area contributed by atoms with Crippen LogP contribution in [0.25, 0.3) is 0 Å².